The van der Waals surface area contributed by atoms with E-state index in [2.05, 4.69) is 31.0 Å². The molecule has 0 unspecified atom stereocenters. The predicted molar refractivity (Wildman–Crippen MR) is 57.7 cm³/mol. The molecule has 0 aliphatic rings. The average molecular weight is 313 g/mol. The number of hydrogen-bond acceptors (Lipinski definition) is 3. The maximum Gasteiger partial charge on any atom is 0.422 e. The van der Waals surface area contributed by atoms with Gasteiger partial charge in [0.25, 0.3) is 0 Å². The van der Waals surface area contributed by atoms with Crippen LogP contribution >= 0.6 is 15.9 Å². The third-order valence-electron chi connectivity index (χ3n) is 1.66. The largest absolute Gasteiger partial charge is 0.440 e. The van der Waals surface area contributed by atoms with Crippen LogP contribution in [-0.2, 0) is 4.74 Å². The Morgan fingerprint density at radius 1 is 1.59 bits per heavy atom. The first-order valence-electron chi connectivity index (χ1n) is 4.40. The highest BCUT2D eigenvalue weighted by Gasteiger charge is 2.29. The molecule has 94 valence electrons. The van der Waals surface area contributed by atoms with Gasteiger partial charge >= 0.3 is 12.3 Å². The summed E-state index contributed by atoms with van der Waals surface area (Å²) in [5, 5.41) is 2.17. The Bertz CT molecular complexity index is 423. The summed E-state index contributed by atoms with van der Waals surface area (Å²) in [6.45, 7) is -0.0227. The number of halogens is 4. The number of pyridine rings is 1. The third-order valence-corrected chi connectivity index (χ3v) is 2.09. The lowest BCUT2D eigenvalue weighted by molar-refractivity contribution is -0.159. The monoisotopic (exact) mass is 312 g/mol. The van der Waals surface area contributed by atoms with Crippen molar-refractivity contribution >= 4 is 27.7 Å². The van der Waals surface area contributed by atoms with Crippen molar-refractivity contribution in [3.8, 4) is 0 Å². The highest BCUT2D eigenvalue weighted by molar-refractivity contribution is 9.10. The lowest BCUT2D eigenvalue weighted by Crippen LogP contribution is -2.23. The van der Waals surface area contributed by atoms with Crippen LogP contribution in [0.4, 0.5) is 23.7 Å². The van der Waals surface area contributed by atoms with Crippen molar-refractivity contribution in [3.05, 3.63) is 22.4 Å². The standard InChI is InChI=1S/C9H8BrF3N2O2/c1-5-7(2-6(10)3-14-5)15-8(16)17-4-9(11,12)13/h2-3H,4H2,1H3,(H,15,16). The average Bonchev–Trinajstić information content (AvgIpc) is 2.20. The Balaban J connectivity index is 2.59. The Hall–Kier alpha value is -1.31. The second-order valence-electron chi connectivity index (χ2n) is 3.10. The van der Waals surface area contributed by atoms with E-state index >= 15 is 0 Å². The molecule has 8 heteroatoms. The van der Waals surface area contributed by atoms with Crippen molar-refractivity contribution in [2.45, 2.75) is 13.1 Å². The SMILES string of the molecule is Cc1ncc(Br)cc1NC(=O)OCC(F)(F)F. The van der Waals surface area contributed by atoms with Gasteiger partial charge in [0, 0.05) is 10.7 Å². The van der Waals surface area contributed by atoms with Gasteiger partial charge in [0.15, 0.2) is 6.61 Å². The molecule has 1 heterocycles. The molecule has 0 saturated carbocycles. The third kappa shape index (κ3) is 5.03. The number of anilines is 1. The molecule has 1 amide bonds. The number of carbonyl (C=O) groups excluding carboxylic acids is 1. The van der Waals surface area contributed by atoms with Crippen LogP contribution in [0.15, 0.2) is 16.7 Å². The lowest BCUT2D eigenvalue weighted by atomic mass is 10.3. The first kappa shape index (κ1) is 13.8. The lowest BCUT2D eigenvalue weighted by Gasteiger charge is -2.10. The van der Waals surface area contributed by atoms with Gasteiger partial charge in [-0.15, -0.1) is 0 Å². The van der Waals surface area contributed by atoms with Crippen molar-refractivity contribution in [1.29, 1.82) is 0 Å². The molecular weight excluding hydrogens is 305 g/mol. The molecule has 0 aliphatic heterocycles. The molecule has 17 heavy (non-hydrogen) atoms. The number of nitrogens with zero attached hydrogens (tertiary/aromatic N) is 1. The molecule has 0 radical (unpaired) electrons. The van der Waals surface area contributed by atoms with Crippen molar-refractivity contribution in [2.24, 2.45) is 0 Å². The van der Waals surface area contributed by atoms with Crippen LogP contribution in [-0.4, -0.2) is 23.9 Å². The van der Waals surface area contributed by atoms with Crippen LogP contribution in [0.25, 0.3) is 0 Å². The molecule has 0 bridgehead atoms. The van der Waals surface area contributed by atoms with E-state index in [0.717, 1.165) is 0 Å². The molecule has 0 aromatic carbocycles. The zero-order chi connectivity index (χ0) is 13.1. The van der Waals surface area contributed by atoms with Gasteiger partial charge in [-0.05, 0) is 28.9 Å². The smallest absolute Gasteiger partial charge is 0.422 e. The number of aryl methyl sites for hydroxylation is 1. The van der Waals surface area contributed by atoms with Crippen LogP contribution in [0, 0.1) is 6.92 Å². The number of nitrogens with one attached hydrogen (secondary N) is 1. The number of carbonyl (C=O) groups is 1. The van der Waals surface area contributed by atoms with Gasteiger partial charge in [-0.3, -0.25) is 10.3 Å². The molecule has 0 fully saturated rings. The van der Waals surface area contributed by atoms with Crippen LogP contribution in [0.1, 0.15) is 5.69 Å². The molecule has 1 aromatic heterocycles. The van der Waals surface area contributed by atoms with Crippen LogP contribution in [0.5, 0.6) is 0 Å². The number of alkyl halides is 3. The molecule has 4 nitrogen and oxygen atoms in total. The number of ether oxygens (including phenoxy) is 1. The number of rotatable bonds is 2. The predicted octanol–water partition coefficient (Wildman–Crippen LogP) is 3.26. The fourth-order valence-corrected chi connectivity index (χ4v) is 1.26. The maximum atomic E-state index is 11.8. The van der Waals surface area contributed by atoms with Gasteiger partial charge < -0.3 is 4.74 Å². The van der Waals surface area contributed by atoms with Crippen molar-refractivity contribution < 1.29 is 22.7 Å². The second kappa shape index (κ2) is 5.35. The first-order valence-corrected chi connectivity index (χ1v) is 5.20. The second-order valence-corrected chi connectivity index (χ2v) is 4.02. The Morgan fingerprint density at radius 2 is 2.24 bits per heavy atom. The first-order chi connectivity index (χ1) is 7.78. The van der Waals surface area contributed by atoms with Gasteiger partial charge in [0.05, 0.1) is 11.4 Å². The minimum Gasteiger partial charge on any atom is -0.440 e. The molecule has 0 saturated heterocycles. The van der Waals surface area contributed by atoms with Gasteiger partial charge in [0.1, 0.15) is 0 Å². The summed E-state index contributed by atoms with van der Waals surface area (Å²) < 4.78 is 39.9. The summed E-state index contributed by atoms with van der Waals surface area (Å²) in [4.78, 5) is 14.9. The highest BCUT2D eigenvalue weighted by Crippen LogP contribution is 2.19. The van der Waals surface area contributed by atoms with Crippen molar-refractivity contribution in [2.75, 3.05) is 11.9 Å². The summed E-state index contributed by atoms with van der Waals surface area (Å²) in [6, 6.07) is 1.51. The molecule has 1 N–H and O–H groups in total. The minimum atomic E-state index is -4.54. The molecule has 0 atom stereocenters. The number of amides is 1. The fourth-order valence-electron chi connectivity index (χ4n) is 0.928. The summed E-state index contributed by atoms with van der Waals surface area (Å²) in [7, 11) is 0. The van der Waals surface area contributed by atoms with E-state index in [-0.39, 0.29) is 5.69 Å². The van der Waals surface area contributed by atoms with Crippen molar-refractivity contribution in [3.63, 3.8) is 0 Å². The summed E-state index contributed by atoms with van der Waals surface area (Å²) in [5.41, 5.74) is 0.753. The quantitative estimate of drug-likeness (QED) is 0.912. The highest BCUT2D eigenvalue weighted by atomic mass is 79.9. The van der Waals surface area contributed by atoms with E-state index in [1.54, 1.807) is 6.92 Å². The van der Waals surface area contributed by atoms with Gasteiger partial charge in [-0.25, -0.2) is 4.79 Å². The van der Waals surface area contributed by atoms with Gasteiger partial charge in [-0.1, -0.05) is 0 Å². The zero-order valence-corrected chi connectivity index (χ0v) is 10.2. The fraction of sp³-hybridized carbons (Fsp3) is 0.333. The minimum absolute atomic E-state index is 0.284. The van der Waals surface area contributed by atoms with Gasteiger partial charge in [-0.2, -0.15) is 13.2 Å². The number of aromatic nitrogens is 1. The molecule has 0 spiro atoms. The van der Waals surface area contributed by atoms with E-state index in [1.165, 1.54) is 12.3 Å². The van der Waals surface area contributed by atoms with Crippen LogP contribution in [0.2, 0.25) is 0 Å². The molecule has 0 aliphatic carbocycles. The van der Waals surface area contributed by atoms with E-state index in [9.17, 15) is 18.0 Å². The molecule has 1 aromatic rings. The summed E-state index contributed by atoms with van der Waals surface area (Å²) >= 11 is 3.12. The van der Waals surface area contributed by atoms with E-state index in [1.807, 2.05) is 0 Å². The molecular formula is C9H8BrF3N2O2. The Morgan fingerprint density at radius 3 is 2.82 bits per heavy atom. The Labute approximate surface area is 103 Å². The van der Waals surface area contributed by atoms with Crippen LogP contribution < -0.4 is 5.32 Å². The van der Waals surface area contributed by atoms with E-state index in [4.69, 9.17) is 0 Å². The van der Waals surface area contributed by atoms with Crippen LogP contribution in [0.3, 0.4) is 0 Å². The summed E-state index contributed by atoms with van der Waals surface area (Å²) in [5.74, 6) is 0. The Kier molecular flexibility index (Phi) is 4.33. The zero-order valence-electron chi connectivity index (χ0n) is 8.64. The van der Waals surface area contributed by atoms with E-state index in [0.29, 0.717) is 10.2 Å². The van der Waals surface area contributed by atoms with Crippen molar-refractivity contribution in [1.82, 2.24) is 4.98 Å². The topological polar surface area (TPSA) is 51.2 Å². The maximum absolute atomic E-state index is 11.8. The summed E-state index contributed by atoms with van der Waals surface area (Å²) in [6.07, 6.45) is -4.21. The van der Waals surface area contributed by atoms with E-state index < -0.39 is 18.9 Å². The number of hydrogen-bond donors (Lipinski definition) is 1. The van der Waals surface area contributed by atoms with Gasteiger partial charge in [0.2, 0.25) is 0 Å². The normalized spacial score (nSPS) is 11.1. The molecule has 1 rings (SSSR count).